The molecule has 0 aliphatic heterocycles. The molecule has 1 N–H and O–H groups in total. The molecule has 2 aromatic rings. The van der Waals surface area contributed by atoms with Gasteiger partial charge in [0.25, 0.3) is 0 Å². The van der Waals surface area contributed by atoms with Crippen LogP contribution in [-0.4, -0.2) is 20.6 Å². The Kier molecular flexibility index (Phi) is 4.84. The Morgan fingerprint density at radius 1 is 1.33 bits per heavy atom. The van der Waals surface area contributed by atoms with Crippen LogP contribution in [0.1, 0.15) is 56.8 Å². The first kappa shape index (κ1) is 16.2. The lowest BCUT2D eigenvalue weighted by atomic mass is 9.93. The fourth-order valence-corrected chi connectivity index (χ4v) is 3.05. The first-order chi connectivity index (χ1) is 9.77. The number of thiazole rings is 1. The van der Waals surface area contributed by atoms with Crippen LogP contribution in [0.25, 0.3) is 0 Å². The molecule has 2 heterocycles. The van der Waals surface area contributed by atoms with E-state index in [-0.39, 0.29) is 5.41 Å². The summed E-state index contributed by atoms with van der Waals surface area (Å²) in [7, 11) is 0. The fourth-order valence-electron chi connectivity index (χ4n) is 2.04. The molecule has 2 aromatic heterocycles. The quantitative estimate of drug-likeness (QED) is 0.919. The number of aryl methyl sites for hydroxylation is 1. The molecular formula is C16H26N4S. The molecule has 4 nitrogen and oxygen atoms in total. The van der Waals surface area contributed by atoms with Gasteiger partial charge in [0, 0.05) is 29.6 Å². The standard InChI is InChI=1S/C16H26N4S/c1-11(2)17-7-13-8-18-12(3)20(13)9-15-19-14(10-21-15)16(4,5)6/h8,10-11,17H,7,9H2,1-6H3. The van der Waals surface area contributed by atoms with E-state index >= 15 is 0 Å². The average molecular weight is 306 g/mol. The molecule has 116 valence electrons. The Hall–Kier alpha value is -1.20. The largest absolute Gasteiger partial charge is 0.324 e. The number of rotatable bonds is 5. The van der Waals surface area contributed by atoms with Gasteiger partial charge in [0.1, 0.15) is 10.8 Å². The molecule has 0 radical (unpaired) electrons. The molecule has 0 amide bonds. The van der Waals surface area contributed by atoms with Crippen LogP contribution in [0.3, 0.4) is 0 Å². The number of nitrogens with one attached hydrogen (secondary N) is 1. The topological polar surface area (TPSA) is 42.7 Å². The highest BCUT2D eigenvalue weighted by atomic mass is 32.1. The first-order valence-corrected chi connectivity index (χ1v) is 8.34. The molecule has 0 bridgehead atoms. The SMILES string of the molecule is Cc1ncc(CNC(C)C)n1Cc1nc(C(C)(C)C)cs1. The monoisotopic (exact) mass is 306 g/mol. The van der Waals surface area contributed by atoms with Crippen molar-refractivity contribution in [3.05, 3.63) is 33.8 Å². The minimum Gasteiger partial charge on any atom is -0.324 e. The summed E-state index contributed by atoms with van der Waals surface area (Å²) in [4.78, 5) is 9.23. The number of nitrogens with zero attached hydrogens (tertiary/aromatic N) is 3. The molecule has 0 fully saturated rings. The van der Waals surface area contributed by atoms with Crippen LogP contribution in [0.5, 0.6) is 0 Å². The number of hydrogen-bond donors (Lipinski definition) is 1. The second-order valence-corrected chi connectivity index (χ2v) is 7.74. The van der Waals surface area contributed by atoms with Crippen molar-refractivity contribution in [1.29, 1.82) is 0 Å². The van der Waals surface area contributed by atoms with Gasteiger partial charge in [-0.25, -0.2) is 9.97 Å². The zero-order chi connectivity index (χ0) is 15.6. The Morgan fingerprint density at radius 2 is 2.05 bits per heavy atom. The van der Waals surface area contributed by atoms with Crippen molar-refractivity contribution in [2.45, 2.75) is 66.1 Å². The third-order valence-electron chi connectivity index (χ3n) is 3.44. The maximum absolute atomic E-state index is 4.78. The highest BCUT2D eigenvalue weighted by Gasteiger charge is 2.18. The van der Waals surface area contributed by atoms with Crippen LogP contribution >= 0.6 is 11.3 Å². The maximum Gasteiger partial charge on any atom is 0.113 e. The van der Waals surface area contributed by atoms with Gasteiger partial charge in [-0.1, -0.05) is 34.6 Å². The highest BCUT2D eigenvalue weighted by molar-refractivity contribution is 7.09. The van der Waals surface area contributed by atoms with Crippen LogP contribution in [0, 0.1) is 6.92 Å². The molecule has 0 atom stereocenters. The van der Waals surface area contributed by atoms with Gasteiger partial charge in [-0.2, -0.15) is 0 Å². The van der Waals surface area contributed by atoms with Gasteiger partial charge in [0.05, 0.1) is 17.9 Å². The Bertz CT molecular complexity index is 590. The molecule has 0 aliphatic carbocycles. The predicted octanol–water partition coefficient (Wildman–Crippen LogP) is 3.49. The molecule has 0 aromatic carbocycles. The fraction of sp³-hybridized carbons (Fsp3) is 0.625. The van der Waals surface area contributed by atoms with Crippen LogP contribution in [-0.2, 0) is 18.5 Å². The lowest BCUT2D eigenvalue weighted by molar-refractivity contribution is 0.556. The summed E-state index contributed by atoms with van der Waals surface area (Å²) in [5.41, 5.74) is 2.50. The van der Waals surface area contributed by atoms with Gasteiger partial charge in [-0.15, -0.1) is 11.3 Å². The minimum absolute atomic E-state index is 0.112. The summed E-state index contributed by atoms with van der Waals surface area (Å²) >= 11 is 1.74. The van der Waals surface area contributed by atoms with Crippen molar-refractivity contribution < 1.29 is 0 Å². The van der Waals surface area contributed by atoms with E-state index in [4.69, 9.17) is 4.98 Å². The third-order valence-corrected chi connectivity index (χ3v) is 4.28. The zero-order valence-electron chi connectivity index (χ0n) is 13.9. The molecule has 0 saturated carbocycles. The smallest absolute Gasteiger partial charge is 0.113 e. The van der Waals surface area contributed by atoms with Gasteiger partial charge in [-0.3, -0.25) is 0 Å². The Balaban J connectivity index is 2.15. The van der Waals surface area contributed by atoms with E-state index in [0.29, 0.717) is 6.04 Å². The van der Waals surface area contributed by atoms with Crippen LogP contribution < -0.4 is 5.32 Å². The predicted molar refractivity (Wildman–Crippen MR) is 88.9 cm³/mol. The number of imidazole rings is 1. The van der Waals surface area contributed by atoms with Gasteiger partial charge < -0.3 is 9.88 Å². The maximum atomic E-state index is 4.78. The van der Waals surface area contributed by atoms with E-state index in [1.54, 1.807) is 11.3 Å². The summed E-state index contributed by atoms with van der Waals surface area (Å²) in [6.07, 6.45) is 1.96. The van der Waals surface area contributed by atoms with Crippen LogP contribution in [0.2, 0.25) is 0 Å². The second-order valence-electron chi connectivity index (χ2n) is 6.79. The summed E-state index contributed by atoms with van der Waals surface area (Å²) < 4.78 is 2.25. The molecule has 21 heavy (non-hydrogen) atoms. The second kappa shape index (κ2) is 6.28. The average Bonchev–Trinajstić information content (AvgIpc) is 2.96. The summed E-state index contributed by atoms with van der Waals surface area (Å²) in [6.45, 7) is 14.6. The first-order valence-electron chi connectivity index (χ1n) is 7.46. The van der Waals surface area contributed by atoms with E-state index in [1.807, 2.05) is 6.20 Å². The number of hydrogen-bond acceptors (Lipinski definition) is 4. The summed E-state index contributed by atoms with van der Waals surface area (Å²) in [6, 6.07) is 0.473. The molecule has 0 aliphatic rings. The van der Waals surface area contributed by atoms with E-state index in [0.717, 1.165) is 23.9 Å². The highest BCUT2D eigenvalue weighted by Crippen LogP contribution is 2.24. The van der Waals surface area contributed by atoms with Gasteiger partial charge in [0.15, 0.2) is 0 Å². The Morgan fingerprint density at radius 3 is 2.62 bits per heavy atom. The van der Waals surface area contributed by atoms with Crippen molar-refractivity contribution in [1.82, 2.24) is 19.9 Å². The van der Waals surface area contributed by atoms with E-state index in [9.17, 15) is 0 Å². The zero-order valence-corrected chi connectivity index (χ0v) is 14.7. The molecule has 0 saturated heterocycles. The summed E-state index contributed by atoms with van der Waals surface area (Å²) in [5.74, 6) is 1.04. The lowest BCUT2D eigenvalue weighted by Gasteiger charge is -2.14. The molecule has 0 unspecified atom stereocenters. The van der Waals surface area contributed by atoms with E-state index in [1.165, 1.54) is 11.4 Å². The molecular weight excluding hydrogens is 280 g/mol. The van der Waals surface area contributed by atoms with Crippen LogP contribution in [0.4, 0.5) is 0 Å². The number of aromatic nitrogens is 3. The normalized spacial score (nSPS) is 12.3. The van der Waals surface area contributed by atoms with Crippen LogP contribution in [0.15, 0.2) is 11.6 Å². The van der Waals surface area contributed by atoms with Crippen molar-refractivity contribution in [2.24, 2.45) is 0 Å². The van der Waals surface area contributed by atoms with Gasteiger partial charge >= 0.3 is 0 Å². The van der Waals surface area contributed by atoms with Gasteiger partial charge in [0.2, 0.25) is 0 Å². The lowest BCUT2D eigenvalue weighted by Crippen LogP contribution is -2.23. The molecule has 0 spiro atoms. The third kappa shape index (κ3) is 4.14. The van der Waals surface area contributed by atoms with Crippen molar-refractivity contribution >= 4 is 11.3 Å². The van der Waals surface area contributed by atoms with Crippen molar-refractivity contribution in [3.63, 3.8) is 0 Å². The van der Waals surface area contributed by atoms with Crippen molar-refractivity contribution in [2.75, 3.05) is 0 Å². The van der Waals surface area contributed by atoms with E-state index in [2.05, 4.69) is 61.8 Å². The molecule has 5 heteroatoms. The minimum atomic E-state index is 0.112. The molecule has 2 rings (SSSR count). The van der Waals surface area contributed by atoms with Gasteiger partial charge in [-0.05, 0) is 6.92 Å². The van der Waals surface area contributed by atoms with E-state index < -0.39 is 0 Å². The summed E-state index contributed by atoms with van der Waals surface area (Å²) in [5, 5.41) is 6.77. The van der Waals surface area contributed by atoms with Crippen molar-refractivity contribution in [3.8, 4) is 0 Å². The Labute approximate surface area is 131 Å².